The van der Waals surface area contributed by atoms with Gasteiger partial charge in [0, 0.05) is 30.7 Å². The predicted octanol–water partition coefficient (Wildman–Crippen LogP) is 3.44. The van der Waals surface area contributed by atoms with Gasteiger partial charge in [0.25, 0.3) is 11.6 Å². The zero-order valence-corrected chi connectivity index (χ0v) is 15.4. The molecule has 1 saturated heterocycles. The van der Waals surface area contributed by atoms with Crippen molar-refractivity contribution in [3.63, 3.8) is 0 Å². The molecule has 7 heteroatoms. The lowest BCUT2D eigenvalue weighted by Gasteiger charge is -2.28. The summed E-state index contributed by atoms with van der Waals surface area (Å²) in [7, 11) is 0. The van der Waals surface area contributed by atoms with Crippen LogP contribution in [0.2, 0.25) is 0 Å². The molecule has 0 spiro atoms. The quantitative estimate of drug-likeness (QED) is 0.762. The van der Waals surface area contributed by atoms with Gasteiger partial charge in [-0.15, -0.1) is 0 Å². The maximum atomic E-state index is 12.6. The molecule has 1 amide bonds. The van der Waals surface area contributed by atoms with E-state index in [2.05, 4.69) is 20.4 Å². The van der Waals surface area contributed by atoms with Crippen LogP contribution in [0.25, 0.3) is 11.1 Å². The van der Waals surface area contributed by atoms with Crippen molar-refractivity contribution in [3.05, 3.63) is 47.8 Å². The number of anilines is 2. The molecule has 0 atom stereocenters. The first-order valence-corrected chi connectivity index (χ1v) is 9.11. The Balaban J connectivity index is 1.50. The molecule has 0 aliphatic carbocycles. The first kappa shape index (κ1) is 17.5. The minimum Gasteiger partial charge on any atom is -0.378 e. The van der Waals surface area contributed by atoms with Crippen molar-refractivity contribution in [1.29, 1.82) is 0 Å². The molecule has 1 aromatic carbocycles. The standard InChI is InChI=1S/C20H22N4O3/c1-13(2)18-17-11-14(12-21-20(17)27-23-18)19(25)22-15-3-5-16(6-4-15)24-7-9-26-10-8-24/h3-6,11-13H,7-10H2,1-2H3,(H,22,25). The second-order valence-corrected chi connectivity index (χ2v) is 6.90. The SMILES string of the molecule is CC(C)c1noc2ncc(C(=O)Nc3ccc(N4CCOCC4)cc3)cc12. The summed E-state index contributed by atoms with van der Waals surface area (Å²) in [5.74, 6) is -0.0153. The van der Waals surface area contributed by atoms with Gasteiger partial charge in [-0.25, -0.2) is 4.98 Å². The van der Waals surface area contributed by atoms with E-state index in [1.165, 1.54) is 6.20 Å². The number of carbonyl (C=O) groups is 1. The number of carbonyl (C=O) groups excluding carboxylic acids is 1. The fraction of sp³-hybridized carbons (Fsp3) is 0.350. The maximum absolute atomic E-state index is 12.6. The van der Waals surface area contributed by atoms with Crippen LogP contribution in [0, 0.1) is 0 Å². The fourth-order valence-corrected chi connectivity index (χ4v) is 3.17. The molecule has 3 heterocycles. The van der Waals surface area contributed by atoms with Crippen LogP contribution in [0.5, 0.6) is 0 Å². The molecule has 27 heavy (non-hydrogen) atoms. The summed E-state index contributed by atoms with van der Waals surface area (Å²) >= 11 is 0. The largest absolute Gasteiger partial charge is 0.378 e. The first-order chi connectivity index (χ1) is 13.1. The van der Waals surface area contributed by atoms with Crippen molar-refractivity contribution in [2.45, 2.75) is 19.8 Å². The highest BCUT2D eigenvalue weighted by molar-refractivity contribution is 6.05. The van der Waals surface area contributed by atoms with Gasteiger partial charge in [-0.1, -0.05) is 19.0 Å². The van der Waals surface area contributed by atoms with E-state index in [4.69, 9.17) is 9.26 Å². The van der Waals surface area contributed by atoms with Crippen LogP contribution >= 0.6 is 0 Å². The third-order valence-corrected chi connectivity index (χ3v) is 4.67. The second-order valence-electron chi connectivity index (χ2n) is 6.90. The number of morpholine rings is 1. The van der Waals surface area contributed by atoms with Crippen molar-refractivity contribution in [1.82, 2.24) is 10.1 Å². The van der Waals surface area contributed by atoms with E-state index in [1.54, 1.807) is 6.07 Å². The van der Waals surface area contributed by atoms with E-state index in [-0.39, 0.29) is 11.8 Å². The third kappa shape index (κ3) is 3.64. The summed E-state index contributed by atoms with van der Waals surface area (Å²) in [5.41, 5.74) is 3.61. The van der Waals surface area contributed by atoms with Gasteiger partial charge < -0.3 is 19.5 Å². The van der Waals surface area contributed by atoms with Crippen molar-refractivity contribution in [3.8, 4) is 0 Å². The van der Waals surface area contributed by atoms with Gasteiger partial charge >= 0.3 is 0 Å². The number of hydrogen-bond donors (Lipinski definition) is 1. The summed E-state index contributed by atoms with van der Waals surface area (Å²) in [6, 6.07) is 9.63. The summed E-state index contributed by atoms with van der Waals surface area (Å²) in [4.78, 5) is 19.1. The smallest absolute Gasteiger partial charge is 0.257 e. The summed E-state index contributed by atoms with van der Waals surface area (Å²) in [6.07, 6.45) is 1.51. The van der Waals surface area contributed by atoms with Crippen molar-refractivity contribution in [2.24, 2.45) is 0 Å². The lowest BCUT2D eigenvalue weighted by atomic mass is 10.1. The molecule has 7 nitrogen and oxygen atoms in total. The third-order valence-electron chi connectivity index (χ3n) is 4.67. The molecule has 2 aromatic heterocycles. The highest BCUT2D eigenvalue weighted by Crippen LogP contribution is 2.25. The summed E-state index contributed by atoms with van der Waals surface area (Å²) in [5, 5.41) is 7.75. The highest BCUT2D eigenvalue weighted by atomic mass is 16.5. The van der Waals surface area contributed by atoms with E-state index >= 15 is 0 Å². The summed E-state index contributed by atoms with van der Waals surface area (Å²) < 4.78 is 10.6. The lowest BCUT2D eigenvalue weighted by molar-refractivity contribution is 0.102. The molecule has 1 fully saturated rings. The number of benzene rings is 1. The molecule has 1 N–H and O–H groups in total. The Kier molecular flexibility index (Phi) is 4.77. The van der Waals surface area contributed by atoms with E-state index in [1.807, 2.05) is 38.1 Å². The van der Waals surface area contributed by atoms with E-state index in [0.29, 0.717) is 11.3 Å². The van der Waals surface area contributed by atoms with Crippen LogP contribution in [0.3, 0.4) is 0 Å². The number of hydrogen-bond acceptors (Lipinski definition) is 6. The number of pyridine rings is 1. The number of nitrogens with zero attached hydrogens (tertiary/aromatic N) is 3. The molecule has 140 valence electrons. The molecule has 0 unspecified atom stereocenters. The Morgan fingerprint density at radius 1 is 1.19 bits per heavy atom. The minimum absolute atomic E-state index is 0.194. The molecular formula is C20H22N4O3. The van der Waals surface area contributed by atoms with E-state index < -0.39 is 0 Å². The van der Waals surface area contributed by atoms with E-state index in [0.717, 1.165) is 48.8 Å². The van der Waals surface area contributed by atoms with Crippen molar-refractivity contribution >= 4 is 28.4 Å². The lowest BCUT2D eigenvalue weighted by Crippen LogP contribution is -2.36. The minimum atomic E-state index is -0.209. The average molecular weight is 366 g/mol. The Hall–Kier alpha value is -2.93. The number of ether oxygens (including phenoxy) is 1. The highest BCUT2D eigenvalue weighted by Gasteiger charge is 2.16. The van der Waals surface area contributed by atoms with E-state index in [9.17, 15) is 4.79 Å². The monoisotopic (exact) mass is 366 g/mol. The Bertz CT molecular complexity index is 944. The van der Waals surface area contributed by atoms with Crippen LogP contribution in [-0.2, 0) is 4.74 Å². The van der Waals surface area contributed by atoms with Gasteiger partial charge in [-0.05, 0) is 36.2 Å². The van der Waals surface area contributed by atoms with Gasteiger partial charge in [0.2, 0.25) is 0 Å². The molecule has 1 aliphatic heterocycles. The van der Waals surface area contributed by atoms with Crippen LogP contribution in [0.1, 0.15) is 35.8 Å². The second kappa shape index (κ2) is 7.36. The van der Waals surface area contributed by atoms with Gasteiger partial charge in [-0.3, -0.25) is 4.79 Å². The van der Waals surface area contributed by atoms with Gasteiger partial charge in [0.05, 0.1) is 29.9 Å². The van der Waals surface area contributed by atoms with Crippen LogP contribution in [0.15, 0.2) is 41.1 Å². The zero-order chi connectivity index (χ0) is 18.8. The maximum Gasteiger partial charge on any atom is 0.257 e. The van der Waals surface area contributed by atoms with Crippen LogP contribution in [-0.4, -0.2) is 42.4 Å². The predicted molar refractivity (Wildman–Crippen MR) is 103 cm³/mol. The Morgan fingerprint density at radius 3 is 2.63 bits per heavy atom. The van der Waals surface area contributed by atoms with Crippen LogP contribution in [0.4, 0.5) is 11.4 Å². The molecule has 0 bridgehead atoms. The molecule has 1 aliphatic rings. The topological polar surface area (TPSA) is 80.5 Å². The number of amides is 1. The molecule has 0 radical (unpaired) electrons. The number of aromatic nitrogens is 2. The number of nitrogens with one attached hydrogen (secondary N) is 1. The van der Waals surface area contributed by atoms with Gasteiger partial charge in [0.1, 0.15) is 0 Å². The Labute approximate surface area is 157 Å². The molecular weight excluding hydrogens is 344 g/mol. The van der Waals surface area contributed by atoms with Crippen molar-refractivity contribution < 1.29 is 14.1 Å². The Morgan fingerprint density at radius 2 is 1.93 bits per heavy atom. The normalized spacial score (nSPS) is 14.7. The molecule has 0 saturated carbocycles. The molecule has 3 aromatic rings. The average Bonchev–Trinajstić information content (AvgIpc) is 3.13. The van der Waals surface area contributed by atoms with Gasteiger partial charge in [-0.2, -0.15) is 0 Å². The van der Waals surface area contributed by atoms with Gasteiger partial charge in [0.15, 0.2) is 0 Å². The van der Waals surface area contributed by atoms with Crippen molar-refractivity contribution in [2.75, 3.05) is 36.5 Å². The fourth-order valence-electron chi connectivity index (χ4n) is 3.17. The molecule has 4 rings (SSSR count). The number of rotatable bonds is 4. The number of fused-ring (bicyclic) bond motifs is 1. The first-order valence-electron chi connectivity index (χ1n) is 9.11. The zero-order valence-electron chi connectivity index (χ0n) is 15.4. The summed E-state index contributed by atoms with van der Waals surface area (Å²) in [6.45, 7) is 7.31. The van der Waals surface area contributed by atoms with Crippen LogP contribution < -0.4 is 10.2 Å².